The first kappa shape index (κ1) is 14.6. The summed E-state index contributed by atoms with van der Waals surface area (Å²) in [7, 11) is 0. The molecule has 0 spiro atoms. The average molecular weight is 334 g/mol. The third kappa shape index (κ3) is 3.02. The molecule has 4 heteroatoms. The molecule has 0 bridgehead atoms. The van der Waals surface area contributed by atoms with Crippen LogP contribution in [0.3, 0.4) is 0 Å². The molecule has 0 radical (unpaired) electrons. The van der Waals surface area contributed by atoms with Gasteiger partial charge in [-0.2, -0.15) is 0 Å². The van der Waals surface area contributed by atoms with Crippen molar-refractivity contribution in [3.63, 3.8) is 0 Å². The van der Waals surface area contributed by atoms with E-state index in [0.29, 0.717) is 4.47 Å². The highest BCUT2D eigenvalue weighted by molar-refractivity contribution is 9.10. The van der Waals surface area contributed by atoms with Crippen molar-refractivity contribution in [1.29, 1.82) is 0 Å². The summed E-state index contributed by atoms with van der Waals surface area (Å²) in [5.74, 6) is -0.929. The molecule has 2 rings (SSSR count). The quantitative estimate of drug-likeness (QED) is 0.887. The van der Waals surface area contributed by atoms with Crippen molar-refractivity contribution < 1.29 is 9.90 Å². The molecule has 0 unspecified atom stereocenters. The number of halogens is 1. The number of aromatic carboxylic acids is 1. The van der Waals surface area contributed by atoms with Gasteiger partial charge in [-0.3, -0.25) is 0 Å². The minimum Gasteiger partial charge on any atom is -0.478 e. The Bertz CT molecular complexity index is 623. The summed E-state index contributed by atoms with van der Waals surface area (Å²) in [4.78, 5) is 13.2. The van der Waals surface area contributed by atoms with Gasteiger partial charge in [0.05, 0.1) is 5.56 Å². The Kier molecular flexibility index (Phi) is 4.45. The van der Waals surface area contributed by atoms with E-state index in [4.69, 9.17) is 5.11 Å². The average Bonchev–Trinajstić information content (AvgIpc) is 2.41. The molecule has 0 saturated carbocycles. The highest BCUT2D eigenvalue weighted by Gasteiger charge is 2.12. The Morgan fingerprint density at radius 3 is 2.25 bits per heavy atom. The third-order valence-electron chi connectivity index (χ3n) is 3.16. The fourth-order valence-electron chi connectivity index (χ4n) is 2.08. The van der Waals surface area contributed by atoms with Crippen LogP contribution in [0, 0.1) is 6.92 Å². The molecule has 20 heavy (non-hydrogen) atoms. The van der Waals surface area contributed by atoms with Gasteiger partial charge in [-0.05, 0) is 60.1 Å². The van der Waals surface area contributed by atoms with Crippen molar-refractivity contribution >= 4 is 33.3 Å². The Morgan fingerprint density at radius 2 is 1.75 bits per heavy atom. The van der Waals surface area contributed by atoms with Gasteiger partial charge < -0.3 is 10.0 Å². The summed E-state index contributed by atoms with van der Waals surface area (Å²) in [6.07, 6.45) is 0. The smallest absolute Gasteiger partial charge is 0.336 e. The molecular weight excluding hydrogens is 318 g/mol. The predicted octanol–water partition coefficient (Wildman–Crippen LogP) is 4.61. The molecule has 3 nitrogen and oxygen atoms in total. The van der Waals surface area contributed by atoms with Crippen LogP contribution >= 0.6 is 15.9 Å². The number of carboxylic acid groups (broad SMARTS) is 1. The minimum atomic E-state index is -0.929. The first-order valence-corrected chi connectivity index (χ1v) is 7.19. The summed E-state index contributed by atoms with van der Waals surface area (Å²) in [6.45, 7) is 4.93. The number of hydrogen-bond acceptors (Lipinski definition) is 2. The standard InChI is InChI=1S/C16H16BrNO2/c1-3-18(12-6-4-11(2)5-7-12)13-8-9-14(16(19)20)15(17)10-13/h4-10H,3H2,1-2H3,(H,19,20). The maximum atomic E-state index is 11.0. The largest absolute Gasteiger partial charge is 0.478 e. The van der Waals surface area contributed by atoms with Gasteiger partial charge in [0.25, 0.3) is 0 Å². The zero-order chi connectivity index (χ0) is 14.7. The molecule has 0 aliphatic rings. The number of nitrogens with zero attached hydrogens (tertiary/aromatic N) is 1. The lowest BCUT2D eigenvalue weighted by Crippen LogP contribution is -2.16. The van der Waals surface area contributed by atoms with Crippen molar-refractivity contribution in [2.45, 2.75) is 13.8 Å². The van der Waals surface area contributed by atoms with Gasteiger partial charge in [0.1, 0.15) is 0 Å². The van der Waals surface area contributed by atoms with Crippen molar-refractivity contribution in [2.75, 3.05) is 11.4 Å². The van der Waals surface area contributed by atoms with Crippen LogP contribution in [0.5, 0.6) is 0 Å². The third-order valence-corrected chi connectivity index (χ3v) is 3.81. The van der Waals surface area contributed by atoms with Crippen LogP contribution in [0.1, 0.15) is 22.8 Å². The van der Waals surface area contributed by atoms with Gasteiger partial charge in [-0.15, -0.1) is 0 Å². The molecule has 0 aromatic heterocycles. The topological polar surface area (TPSA) is 40.5 Å². The number of benzene rings is 2. The predicted molar refractivity (Wildman–Crippen MR) is 85.0 cm³/mol. The summed E-state index contributed by atoms with van der Waals surface area (Å²) >= 11 is 3.32. The Balaban J connectivity index is 2.39. The molecule has 0 heterocycles. The van der Waals surface area contributed by atoms with Crippen LogP contribution in [0.25, 0.3) is 0 Å². The molecule has 2 aromatic rings. The van der Waals surface area contributed by atoms with Crippen LogP contribution in [0.15, 0.2) is 46.9 Å². The number of carbonyl (C=O) groups is 1. The molecule has 2 aromatic carbocycles. The van der Waals surface area contributed by atoms with E-state index >= 15 is 0 Å². The summed E-state index contributed by atoms with van der Waals surface area (Å²) < 4.78 is 0.591. The lowest BCUT2D eigenvalue weighted by atomic mass is 10.1. The molecule has 0 atom stereocenters. The van der Waals surface area contributed by atoms with Crippen LogP contribution < -0.4 is 4.90 Å². The van der Waals surface area contributed by atoms with E-state index in [9.17, 15) is 4.79 Å². The highest BCUT2D eigenvalue weighted by Crippen LogP contribution is 2.29. The first-order valence-electron chi connectivity index (χ1n) is 6.40. The van der Waals surface area contributed by atoms with Gasteiger partial charge in [0.2, 0.25) is 0 Å². The van der Waals surface area contributed by atoms with Gasteiger partial charge >= 0.3 is 5.97 Å². The van der Waals surface area contributed by atoms with Gasteiger partial charge in [-0.1, -0.05) is 17.7 Å². The molecular formula is C16H16BrNO2. The second-order valence-corrected chi connectivity index (χ2v) is 5.40. The molecule has 1 N–H and O–H groups in total. The number of aryl methyl sites for hydroxylation is 1. The minimum absolute atomic E-state index is 0.272. The van der Waals surface area contributed by atoms with Crippen LogP contribution in [-0.4, -0.2) is 17.6 Å². The van der Waals surface area contributed by atoms with Crippen LogP contribution in [0.4, 0.5) is 11.4 Å². The normalized spacial score (nSPS) is 10.3. The zero-order valence-electron chi connectivity index (χ0n) is 11.4. The monoisotopic (exact) mass is 333 g/mol. The highest BCUT2D eigenvalue weighted by atomic mass is 79.9. The molecule has 0 saturated heterocycles. The van der Waals surface area contributed by atoms with E-state index in [-0.39, 0.29) is 5.56 Å². The maximum Gasteiger partial charge on any atom is 0.336 e. The second-order valence-electron chi connectivity index (χ2n) is 4.55. The summed E-state index contributed by atoms with van der Waals surface area (Å²) in [5.41, 5.74) is 3.54. The summed E-state index contributed by atoms with van der Waals surface area (Å²) in [5, 5.41) is 9.06. The molecule has 104 valence electrons. The van der Waals surface area contributed by atoms with E-state index in [2.05, 4.69) is 58.9 Å². The number of carboxylic acids is 1. The van der Waals surface area contributed by atoms with Crippen molar-refractivity contribution in [3.8, 4) is 0 Å². The Hall–Kier alpha value is -1.81. The van der Waals surface area contributed by atoms with Crippen molar-refractivity contribution in [2.24, 2.45) is 0 Å². The first-order chi connectivity index (χ1) is 9.52. The fraction of sp³-hybridized carbons (Fsp3) is 0.188. The van der Waals surface area contributed by atoms with Crippen LogP contribution in [0.2, 0.25) is 0 Å². The molecule has 0 amide bonds. The molecule has 0 aliphatic carbocycles. The van der Waals surface area contributed by atoms with E-state index < -0.39 is 5.97 Å². The van der Waals surface area contributed by atoms with E-state index in [1.54, 1.807) is 6.07 Å². The van der Waals surface area contributed by atoms with E-state index in [0.717, 1.165) is 17.9 Å². The molecule has 0 aliphatic heterocycles. The number of anilines is 2. The summed E-state index contributed by atoms with van der Waals surface area (Å²) in [6, 6.07) is 13.6. The lowest BCUT2D eigenvalue weighted by Gasteiger charge is -2.24. The van der Waals surface area contributed by atoms with Gasteiger partial charge in [0, 0.05) is 22.4 Å². The Morgan fingerprint density at radius 1 is 1.15 bits per heavy atom. The van der Waals surface area contributed by atoms with Gasteiger partial charge in [-0.25, -0.2) is 4.79 Å². The van der Waals surface area contributed by atoms with E-state index in [1.807, 2.05) is 12.1 Å². The van der Waals surface area contributed by atoms with E-state index in [1.165, 1.54) is 5.56 Å². The second kappa shape index (κ2) is 6.09. The fourth-order valence-corrected chi connectivity index (χ4v) is 2.62. The van der Waals surface area contributed by atoms with Crippen molar-refractivity contribution in [3.05, 3.63) is 58.1 Å². The zero-order valence-corrected chi connectivity index (χ0v) is 13.0. The lowest BCUT2D eigenvalue weighted by molar-refractivity contribution is 0.0696. The number of hydrogen-bond donors (Lipinski definition) is 1. The number of rotatable bonds is 4. The molecule has 0 fully saturated rings. The van der Waals surface area contributed by atoms with Crippen molar-refractivity contribution in [1.82, 2.24) is 0 Å². The SMILES string of the molecule is CCN(c1ccc(C)cc1)c1ccc(C(=O)O)c(Br)c1. The maximum absolute atomic E-state index is 11.0. The van der Waals surface area contributed by atoms with Crippen LogP contribution in [-0.2, 0) is 0 Å². The van der Waals surface area contributed by atoms with Gasteiger partial charge in [0.15, 0.2) is 0 Å². The Labute approximate surface area is 127 Å².